The van der Waals surface area contributed by atoms with Gasteiger partial charge in [-0.2, -0.15) is 0 Å². The van der Waals surface area contributed by atoms with Crippen molar-refractivity contribution in [3.63, 3.8) is 0 Å². The van der Waals surface area contributed by atoms with E-state index in [0.717, 1.165) is 17.5 Å². The van der Waals surface area contributed by atoms with Crippen molar-refractivity contribution in [1.82, 2.24) is 10.3 Å². The Morgan fingerprint density at radius 3 is 2.71 bits per heavy atom. The van der Waals surface area contributed by atoms with Crippen molar-refractivity contribution in [2.75, 3.05) is 11.9 Å². The first-order chi connectivity index (χ1) is 16.8. The molecule has 180 valence electrons. The van der Waals surface area contributed by atoms with E-state index in [9.17, 15) is 9.90 Å². The number of aromatic nitrogens is 1. The predicted molar refractivity (Wildman–Crippen MR) is 141 cm³/mol. The van der Waals surface area contributed by atoms with Gasteiger partial charge in [0, 0.05) is 17.3 Å². The molecule has 0 spiro atoms. The minimum Gasteiger partial charge on any atom is -0.507 e. The van der Waals surface area contributed by atoms with Crippen LogP contribution in [0.3, 0.4) is 0 Å². The summed E-state index contributed by atoms with van der Waals surface area (Å²) in [6, 6.07) is 17.7. The standard InChI is InChI=1S/C27H27N3O4S/c1-4-17-8-11-24-22(12-17)29-26(34-24)21-10-9-19(14-23(21)31)28-27(35)30-25(32)18-6-5-7-20(13-18)33-15-16(2)3/h5-14,16,31H,4,15H2,1-3H3,(H2,28,30,32,35). The Hall–Kier alpha value is -3.91. The number of carbonyl (C=O) groups excluding carboxylic acids is 1. The van der Waals surface area contributed by atoms with Gasteiger partial charge in [-0.15, -0.1) is 0 Å². The molecule has 8 heteroatoms. The number of ether oxygens (including phenoxy) is 1. The van der Waals surface area contributed by atoms with Gasteiger partial charge in [0.05, 0.1) is 12.2 Å². The fourth-order valence-electron chi connectivity index (χ4n) is 3.43. The van der Waals surface area contributed by atoms with Gasteiger partial charge < -0.3 is 19.6 Å². The molecule has 3 N–H and O–H groups in total. The van der Waals surface area contributed by atoms with Crippen molar-refractivity contribution in [3.05, 3.63) is 71.8 Å². The molecule has 1 aromatic heterocycles. The molecule has 0 bridgehead atoms. The van der Waals surface area contributed by atoms with Crippen LogP contribution in [-0.2, 0) is 6.42 Å². The summed E-state index contributed by atoms with van der Waals surface area (Å²) in [5, 5.41) is 16.2. The molecule has 0 radical (unpaired) electrons. The van der Waals surface area contributed by atoms with Crippen LogP contribution in [0, 0.1) is 5.92 Å². The molecular weight excluding hydrogens is 462 g/mol. The van der Waals surface area contributed by atoms with E-state index in [2.05, 4.69) is 36.4 Å². The molecule has 0 aliphatic rings. The number of anilines is 1. The molecule has 0 aliphatic carbocycles. The topological polar surface area (TPSA) is 96.6 Å². The summed E-state index contributed by atoms with van der Waals surface area (Å²) < 4.78 is 11.5. The highest BCUT2D eigenvalue weighted by Crippen LogP contribution is 2.33. The summed E-state index contributed by atoms with van der Waals surface area (Å²) in [6.45, 7) is 6.75. The van der Waals surface area contributed by atoms with Crippen LogP contribution in [0.1, 0.15) is 36.7 Å². The van der Waals surface area contributed by atoms with Crippen molar-refractivity contribution < 1.29 is 19.1 Å². The summed E-state index contributed by atoms with van der Waals surface area (Å²) >= 11 is 5.28. The zero-order valence-corrected chi connectivity index (χ0v) is 20.6. The largest absolute Gasteiger partial charge is 0.507 e. The number of aromatic hydroxyl groups is 1. The molecule has 4 aromatic rings. The molecule has 0 aliphatic heterocycles. The third-order valence-electron chi connectivity index (χ3n) is 5.25. The van der Waals surface area contributed by atoms with E-state index in [0.29, 0.717) is 46.6 Å². The zero-order valence-electron chi connectivity index (χ0n) is 19.8. The fourth-order valence-corrected chi connectivity index (χ4v) is 3.64. The van der Waals surface area contributed by atoms with Crippen molar-refractivity contribution in [3.8, 4) is 23.0 Å². The van der Waals surface area contributed by atoms with Gasteiger partial charge in [0.1, 0.15) is 17.0 Å². The summed E-state index contributed by atoms with van der Waals surface area (Å²) in [6.07, 6.45) is 0.900. The number of benzene rings is 3. The smallest absolute Gasteiger partial charge is 0.257 e. The normalized spacial score (nSPS) is 11.0. The average molecular weight is 490 g/mol. The van der Waals surface area contributed by atoms with Crippen LogP contribution in [0.15, 0.2) is 65.1 Å². The number of amides is 1. The Balaban J connectivity index is 1.42. The maximum Gasteiger partial charge on any atom is 0.257 e. The van der Waals surface area contributed by atoms with Crippen LogP contribution in [0.5, 0.6) is 11.5 Å². The van der Waals surface area contributed by atoms with Crippen LogP contribution in [0.4, 0.5) is 5.69 Å². The molecule has 0 atom stereocenters. The predicted octanol–water partition coefficient (Wildman–Crippen LogP) is 5.92. The molecule has 35 heavy (non-hydrogen) atoms. The molecule has 0 fully saturated rings. The summed E-state index contributed by atoms with van der Waals surface area (Å²) in [4.78, 5) is 17.1. The third kappa shape index (κ3) is 5.96. The molecule has 1 heterocycles. The third-order valence-corrected chi connectivity index (χ3v) is 5.46. The number of carbonyl (C=O) groups is 1. The fraction of sp³-hybridized carbons (Fsp3) is 0.222. The van der Waals surface area contributed by atoms with Gasteiger partial charge in [-0.1, -0.05) is 32.9 Å². The van der Waals surface area contributed by atoms with Crippen LogP contribution in [0.2, 0.25) is 0 Å². The zero-order chi connectivity index (χ0) is 24.9. The van der Waals surface area contributed by atoms with E-state index < -0.39 is 0 Å². The van der Waals surface area contributed by atoms with E-state index >= 15 is 0 Å². The Morgan fingerprint density at radius 2 is 1.97 bits per heavy atom. The molecule has 0 unspecified atom stereocenters. The van der Waals surface area contributed by atoms with Gasteiger partial charge in [-0.25, -0.2) is 4.98 Å². The first-order valence-electron chi connectivity index (χ1n) is 11.4. The van der Waals surface area contributed by atoms with Crippen molar-refractivity contribution in [2.45, 2.75) is 27.2 Å². The lowest BCUT2D eigenvalue weighted by atomic mass is 10.1. The van der Waals surface area contributed by atoms with E-state index in [1.54, 1.807) is 36.4 Å². The number of phenolic OH excluding ortho intramolecular Hbond substituents is 1. The Bertz CT molecular complexity index is 1380. The maximum atomic E-state index is 12.6. The summed E-state index contributed by atoms with van der Waals surface area (Å²) in [5.74, 6) is 0.935. The van der Waals surface area contributed by atoms with Gasteiger partial charge in [0.15, 0.2) is 10.7 Å². The highest BCUT2D eigenvalue weighted by atomic mass is 32.1. The minimum atomic E-state index is -0.365. The number of thiocarbonyl (C=S) groups is 1. The lowest BCUT2D eigenvalue weighted by molar-refractivity contribution is 0.0977. The number of aryl methyl sites for hydroxylation is 1. The number of rotatable bonds is 7. The van der Waals surface area contributed by atoms with E-state index in [1.807, 2.05) is 18.2 Å². The highest BCUT2D eigenvalue weighted by Gasteiger charge is 2.14. The Kier molecular flexibility index (Phi) is 7.31. The van der Waals surface area contributed by atoms with Crippen molar-refractivity contribution >= 4 is 40.0 Å². The molecule has 4 rings (SSSR count). The van der Waals surface area contributed by atoms with Crippen molar-refractivity contribution in [2.24, 2.45) is 5.92 Å². The van der Waals surface area contributed by atoms with Crippen LogP contribution in [0.25, 0.3) is 22.6 Å². The second-order valence-electron chi connectivity index (χ2n) is 8.55. The Labute approximate surface area is 209 Å². The number of hydrogen-bond donors (Lipinski definition) is 3. The van der Waals surface area contributed by atoms with Gasteiger partial charge >= 0.3 is 0 Å². The number of nitrogens with zero attached hydrogens (tertiary/aromatic N) is 1. The molecule has 0 saturated heterocycles. The van der Waals surface area contributed by atoms with Gasteiger partial charge in [0.25, 0.3) is 5.91 Å². The van der Waals surface area contributed by atoms with Crippen molar-refractivity contribution in [1.29, 1.82) is 0 Å². The van der Waals surface area contributed by atoms with E-state index in [1.165, 1.54) is 6.07 Å². The molecular formula is C27H27N3O4S. The van der Waals surface area contributed by atoms with Crippen LogP contribution >= 0.6 is 12.2 Å². The number of nitrogens with one attached hydrogen (secondary N) is 2. The van der Waals surface area contributed by atoms with Crippen LogP contribution < -0.4 is 15.4 Å². The van der Waals surface area contributed by atoms with Gasteiger partial charge in [-0.05, 0) is 72.6 Å². The second-order valence-corrected chi connectivity index (χ2v) is 8.96. The molecule has 1 amide bonds. The number of hydrogen-bond acceptors (Lipinski definition) is 6. The van der Waals surface area contributed by atoms with E-state index in [4.69, 9.17) is 21.4 Å². The Morgan fingerprint density at radius 1 is 1.14 bits per heavy atom. The second kappa shape index (κ2) is 10.6. The number of oxazole rings is 1. The van der Waals surface area contributed by atoms with E-state index in [-0.39, 0.29) is 16.8 Å². The minimum absolute atomic E-state index is 0.0265. The summed E-state index contributed by atoms with van der Waals surface area (Å²) in [7, 11) is 0. The maximum absolute atomic E-state index is 12.6. The lowest BCUT2D eigenvalue weighted by Gasteiger charge is -2.12. The quantitative estimate of drug-likeness (QED) is 0.277. The summed E-state index contributed by atoms with van der Waals surface area (Å²) in [5.41, 5.74) is 3.94. The van der Waals surface area contributed by atoms with Gasteiger partial charge in [0.2, 0.25) is 5.89 Å². The molecule has 7 nitrogen and oxygen atoms in total. The first kappa shape index (κ1) is 24.2. The number of phenols is 1. The highest BCUT2D eigenvalue weighted by molar-refractivity contribution is 7.80. The molecule has 3 aromatic carbocycles. The van der Waals surface area contributed by atoms with Gasteiger partial charge in [-0.3, -0.25) is 10.1 Å². The van der Waals surface area contributed by atoms with Crippen LogP contribution in [-0.4, -0.2) is 27.7 Å². The lowest BCUT2D eigenvalue weighted by Crippen LogP contribution is -2.34. The number of fused-ring (bicyclic) bond motifs is 1. The monoisotopic (exact) mass is 489 g/mol. The molecule has 0 saturated carbocycles. The first-order valence-corrected chi connectivity index (χ1v) is 11.8. The SMILES string of the molecule is CCc1ccc2oc(-c3ccc(NC(=S)NC(=O)c4cccc(OCC(C)C)c4)cc3O)nc2c1. The average Bonchev–Trinajstić information content (AvgIpc) is 3.25.